The second-order valence-corrected chi connectivity index (χ2v) is 14.4. The quantitative estimate of drug-likeness (QED) is 0.401. The van der Waals surface area contributed by atoms with E-state index in [4.69, 9.17) is 11.6 Å². The maximum Gasteiger partial charge on any atom is 0.255 e. The first-order chi connectivity index (χ1) is 17.5. The largest absolute Gasteiger partial charge is 0.389 e. The van der Waals surface area contributed by atoms with Crippen LogP contribution >= 0.6 is 11.6 Å². The molecular weight excluding hydrogens is 569 g/mol. The molecule has 3 fully saturated rings. The molecule has 3 aliphatic carbocycles. The van der Waals surface area contributed by atoms with E-state index in [1.807, 2.05) is 6.92 Å². The molecule has 2 unspecified atom stereocenters. The lowest BCUT2D eigenvalue weighted by atomic mass is 9.47. The van der Waals surface area contributed by atoms with Crippen molar-refractivity contribution in [2.75, 3.05) is 18.1 Å². The summed E-state index contributed by atoms with van der Waals surface area (Å²) in [6, 6.07) is 4.70. The van der Waals surface area contributed by atoms with E-state index in [1.54, 1.807) is 0 Å². The number of aliphatic hydroxyl groups is 1. The number of hydrogen-bond acceptors (Lipinski definition) is 6. The molecule has 3 N–H and O–H groups in total. The van der Waals surface area contributed by atoms with Crippen LogP contribution in [-0.4, -0.2) is 51.5 Å². The van der Waals surface area contributed by atoms with Crippen molar-refractivity contribution in [3.63, 3.8) is 0 Å². The lowest BCUT2D eigenvalue weighted by Crippen LogP contribution is -2.67. The first-order valence-corrected chi connectivity index (χ1v) is 15.5. The third-order valence-corrected chi connectivity index (χ3v) is 11.0. The van der Waals surface area contributed by atoms with Gasteiger partial charge in [0.05, 0.1) is 27.0 Å². The smallest absolute Gasteiger partial charge is 0.255 e. The van der Waals surface area contributed by atoms with Crippen LogP contribution in [0.4, 0.5) is 18.9 Å². The number of fused-ring (bicyclic) bond motifs is 2. The number of sulfonamides is 1. The first-order valence-electron chi connectivity index (χ1n) is 11.7. The predicted octanol–water partition coefficient (Wildman–Crippen LogP) is 3.50. The molecule has 38 heavy (non-hydrogen) atoms. The number of benzene rings is 2. The second-order valence-electron chi connectivity index (χ2n) is 9.97. The average Bonchev–Trinajstić information content (AvgIpc) is 2.82. The van der Waals surface area contributed by atoms with Gasteiger partial charge in [0.1, 0.15) is 0 Å². The van der Waals surface area contributed by atoms with Crippen LogP contribution in [0.25, 0.3) is 0 Å². The highest BCUT2D eigenvalue weighted by Gasteiger charge is 2.63. The summed E-state index contributed by atoms with van der Waals surface area (Å²) in [5.41, 5.74) is -1.72. The fourth-order valence-corrected chi connectivity index (χ4v) is 8.61. The van der Waals surface area contributed by atoms with Crippen LogP contribution in [0.15, 0.2) is 35.2 Å². The maximum absolute atomic E-state index is 13.6. The number of nitrogens with one attached hydrogen (secondary N) is 2. The van der Waals surface area contributed by atoms with Crippen LogP contribution in [0.5, 0.6) is 0 Å². The van der Waals surface area contributed by atoms with E-state index in [0.717, 1.165) is 12.3 Å². The first kappa shape index (κ1) is 28.8. The van der Waals surface area contributed by atoms with E-state index in [0.29, 0.717) is 12.1 Å². The Morgan fingerprint density at radius 2 is 1.66 bits per heavy atom. The van der Waals surface area contributed by atoms with E-state index in [-0.39, 0.29) is 64.7 Å². The fourth-order valence-electron chi connectivity index (χ4n) is 5.78. The van der Waals surface area contributed by atoms with Gasteiger partial charge in [-0.1, -0.05) is 18.5 Å². The van der Waals surface area contributed by atoms with Gasteiger partial charge in [-0.25, -0.2) is 34.7 Å². The molecule has 0 radical (unpaired) electrons. The van der Waals surface area contributed by atoms with Crippen LogP contribution in [0.1, 0.15) is 36.5 Å². The van der Waals surface area contributed by atoms with Crippen LogP contribution in [0.2, 0.25) is 5.02 Å². The van der Waals surface area contributed by atoms with Crippen LogP contribution < -0.4 is 10.0 Å². The van der Waals surface area contributed by atoms with Crippen molar-refractivity contribution in [3.05, 3.63) is 58.4 Å². The maximum atomic E-state index is 13.6. The van der Waals surface area contributed by atoms with Gasteiger partial charge >= 0.3 is 0 Å². The van der Waals surface area contributed by atoms with Crippen LogP contribution in [0, 0.1) is 35.2 Å². The molecule has 2 atom stereocenters. The Bertz CT molecular complexity index is 1470. The Labute approximate surface area is 223 Å². The zero-order chi connectivity index (χ0) is 28.2. The van der Waals surface area contributed by atoms with Crippen molar-refractivity contribution in [2.24, 2.45) is 17.8 Å². The van der Waals surface area contributed by atoms with Gasteiger partial charge in [0, 0.05) is 29.9 Å². The number of amides is 1. The molecule has 3 saturated carbocycles. The van der Waals surface area contributed by atoms with Crippen molar-refractivity contribution in [2.45, 2.75) is 41.9 Å². The number of hydrogen-bond donors (Lipinski definition) is 3. The molecule has 0 spiro atoms. The molecule has 2 aromatic rings. The lowest BCUT2D eigenvalue weighted by molar-refractivity contribution is -0.218. The van der Waals surface area contributed by atoms with Gasteiger partial charge in [0.15, 0.2) is 27.3 Å². The van der Waals surface area contributed by atoms with E-state index in [9.17, 15) is 39.9 Å². The predicted molar refractivity (Wildman–Crippen MR) is 134 cm³/mol. The minimum atomic E-state index is -4.06. The summed E-state index contributed by atoms with van der Waals surface area (Å²) in [7, 11) is -7.50. The number of carbonyl (C=O) groups excluding carboxylic acids is 1. The molecule has 208 valence electrons. The topological polar surface area (TPSA) is 130 Å². The third kappa shape index (κ3) is 5.31. The summed E-state index contributed by atoms with van der Waals surface area (Å²) < 4.78 is 92.4. The molecule has 0 saturated heterocycles. The summed E-state index contributed by atoms with van der Waals surface area (Å²) >= 11 is 6.20. The zero-order valence-corrected chi connectivity index (χ0v) is 22.7. The van der Waals surface area contributed by atoms with Crippen molar-refractivity contribution >= 4 is 43.1 Å². The summed E-state index contributed by atoms with van der Waals surface area (Å²) in [6.07, 6.45) is 1.40. The fraction of sp³-hybridized carbons (Fsp3) is 0.458. The lowest BCUT2D eigenvalue weighted by Gasteiger charge is -2.63. The van der Waals surface area contributed by atoms with Gasteiger partial charge in [0.2, 0.25) is 10.0 Å². The minimum absolute atomic E-state index is 0.0251. The number of halogens is 4. The van der Waals surface area contributed by atoms with Gasteiger partial charge in [-0.2, -0.15) is 0 Å². The van der Waals surface area contributed by atoms with Crippen LogP contribution in [0.3, 0.4) is 0 Å². The Balaban J connectivity index is 1.53. The molecular formula is C24H26ClF3N2O6S2. The number of carbonyl (C=O) groups is 1. The molecule has 0 heterocycles. The van der Waals surface area contributed by atoms with E-state index in [1.165, 1.54) is 12.1 Å². The molecule has 5 rings (SSSR count). The molecule has 1 amide bonds. The summed E-state index contributed by atoms with van der Waals surface area (Å²) in [5, 5.41) is 12.4. The van der Waals surface area contributed by atoms with E-state index >= 15 is 0 Å². The molecule has 2 bridgehead atoms. The van der Waals surface area contributed by atoms with Crippen LogP contribution in [-0.2, 0) is 19.9 Å². The third-order valence-electron chi connectivity index (χ3n) is 7.66. The van der Waals surface area contributed by atoms with Gasteiger partial charge in [-0.05, 0) is 55.2 Å². The van der Waals surface area contributed by atoms with Gasteiger partial charge < -0.3 is 10.4 Å². The number of sulfone groups is 1. The molecule has 0 aliphatic heterocycles. The standard InChI is InChI=1S/C24H26ClF3N2O6S2/c1-12-16-10-15(11-17(12)24(16,32)5-6-29-37(2,33)34)38(35,36)21-7-13(3-4-18(21)25)23(31)30-14-8-19(26)22(28)20(27)9-14/h3-4,7-9,12,15-17,29,32H,5-6,10-11H2,1-2H3,(H,30,31)/t12-,15+,16?,17?,24+. The Morgan fingerprint density at radius 3 is 2.21 bits per heavy atom. The van der Waals surface area contributed by atoms with Gasteiger partial charge in [-0.15, -0.1) is 0 Å². The van der Waals surface area contributed by atoms with Crippen molar-refractivity contribution in [3.8, 4) is 0 Å². The van der Waals surface area contributed by atoms with Crippen molar-refractivity contribution in [1.29, 1.82) is 0 Å². The summed E-state index contributed by atoms with van der Waals surface area (Å²) in [6.45, 7) is 1.94. The monoisotopic (exact) mass is 594 g/mol. The summed E-state index contributed by atoms with van der Waals surface area (Å²) in [5.74, 6) is -6.31. The molecule has 0 aromatic heterocycles. The van der Waals surface area contributed by atoms with Crippen molar-refractivity contribution in [1.82, 2.24) is 4.72 Å². The second kappa shape index (κ2) is 10.1. The Morgan fingerprint density at radius 1 is 1.08 bits per heavy atom. The van der Waals surface area contributed by atoms with E-state index < -0.39 is 54.1 Å². The highest BCUT2D eigenvalue weighted by molar-refractivity contribution is 7.92. The summed E-state index contributed by atoms with van der Waals surface area (Å²) in [4.78, 5) is 12.4. The molecule has 14 heteroatoms. The highest BCUT2D eigenvalue weighted by Crippen LogP contribution is 2.60. The van der Waals surface area contributed by atoms with Crippen molar-refractivity contribution < 1.29 is 39.9 Å². The molecule has 2 aromatic carbocycles. The number of anilines is 1. The van der Waals surface area contributed by atoms with Gasteiger partial charge in [0.25, 0.3) is 5.91 Å². The normalized spacial score (nSPS) is 27.0. The SMILES string of the molecule is CS(=O)(=O)NCC[C@]1(O)C2C[C@H](S(=O)(=O)c3cc(C(=O)Nc4cc(F)c(F)c(F)c4)ccc3Cl)CC1[C@@H]2C. The Hall–Kier alpha value is -2.19. The Kier molecular flexibility index (Phi) is 7.65. The molecule has 3 aliphatic rings. The minimum Gasteiger partial charge on any atom is -0.389 e. The number of rotatable bonds is 8. The molecule has 8 nitrogen and oxygen atoms in total. The van der Waals surface area contributed by atoms with E-state index in [2.05, 4.69) is 10.0 Å². The zero-order valence-electron chi connectivity index (χ0n) is 20.3. The van der Waals surface area contributed by atoms with Gasteiger partial charge in [-0.3, -0.25) is 4.79 Å². The highest BCUT2D eigenvalue weighted by atomic mass is 35.5. The average molecular weight is 595 g/mol.